The number of carbonyl (C=O) groups is 2. The molecule has 1 unspecified atom stereocenters. The van der Waals surface area contributed by atoms with Gasteiger partial charge in [-0.15, -0.1) is 0 Å². The first-order valence-electron chi connectivity index (χ1n) is 8.43. The van der Waals surface area contributed by atoms with Crippen molar-refractivity contribution in [2.45, 2.75) is 51.2 Å². The summed E-state index contributed by atoms with van der Waals surface area (Å²) in [5, 5.41) is 13.0. The second kappa shape index (κ2) is 6.43. The smallest absolute Gasteiger partial charge is 0.325 e. The SMILES string of the molecule is Cc1cc(C)cc(OCC(O)CN2C(=O)NC3(CCCC3)C2=O)c1. The van der Waals surface area contributed by atoms with Crippen molar-refractivity contribution in [2.75, 3.05) is 13.2 Å². The molecule has 6 nitrogen and oxygen atoms in total. The third-order valence-electron chi connectivity index (χ3n) is 4.73. The average molecular weight is 332 g/mol. The molecule has 2 N–H and O–H groups in total. The van der Waals surface area contributed by atoms with Crippen LogP contribution in [-0.2, 0) is 4.79 Å². The van der Waals surface area contributed by atoms with Crippen molar-refractivity contribution in [1.29, 1.82) is 0 Å². The van der Waals surface area contributed by atoms with Gasteiger partial charge in [-0.25, -0.2) is 4.79 Å². The van der Waals surface area contributed by atoms with Crippen molar-refractivity contribution >= 4 is 11.9 Å². The van der Waals surface area contributed by atoms with Gasteiger partial charge in [0.25, 0.3) is 5.91 Å². The Bertz CT molecular complexity index is 632. The summed E-state index contributed by atoms with van der Waals surface area (Å²) in [7, 11) is 0. The third-order valence-corrected chi connectivity index (χ3v) is 4.73. The number of rotatable bonds is 5. The second-order valence-corrected chi connectivity index (χ2v) is 6.92. The van der Waals surface area contributed by atoms with Crippen molar-refractivity contribution in [3.8, 4) is 5.75 Å². The summed E-state index contributed by atoms with van der Waals surface area (Å²) in [5.74, 6) is 0.464. The Hall–Kier alpha value is -2.08. The molecular formula is C18H24N2O4. The lowest BCUT2D eigenvalue weighted by Crippen LogP contribution is -2.45. The standard InChI is InChI=1S/C18H24N2O4/c1-12-7-13(2)9-15(8-12)24-11-14(21)10-20-16(22)18(19-17(20)23)5-3-4-6-18/h7-9,14,21H,3-6,10-11H2,1-2H3,(H,19,23). The molecule has 1 aromatic carbocycles. The second-order valence-electron chi connectivity index (χ2n) is 6.92. The van der Waals surface area contributed by atoms with Crippen LogP contribution in [0.2, 0.25) is 0 Å². The number of amides is 3. The van der Waals surface area contributed by atoms with Crippen molar-refractivity contribution in [3.05, 3.63) is 29.3 Å². The molecule has 24 heavy (non-hydrogen) atoms. The van der Waals surface area contributed by atoms with Gasteiger partial charge in [-0.05, 0) is 49.9 Å². The van der Waals surface area contributed by atoms with Crippen molar-refractivity contribution in [1.82, 2.24) is 10.2 Å². The number of nitrogens with one attached hydrogen (secondary N) is 1. The van der Waals surface area contributed by atoms with Gasteiger partial charge < -0.3 is 15.2 Å². The molecule has 3 amide bonds. The minimum Gasteiger partial charge on any atom is -0.491 e. The predicted octanol–water partition coefficient (Wildman–Crippen LogP) is 1.91. The molecule has 2 aliphatic rings. The summed E-state index contributed by atoms with van der Waals surface area (Å²) >= 11 is 0. The molecule has 1 aliphatic heterocycles. The largest absolute Gasteiger partial charge is 0.491 e. The molecule has 1 heterocycles. The predicted molar refractivity (Wildman–Crippen MR) is 88.9 cm³/mol. The topological polar surface area (TPSA) is 78.9 Å². The Balaban J connectivity index is 1.57. The van der Waals surface area contributed by atoms with Gasteiger partial charge in [0.15, 0.2) is 0 Å². The number of hydrogen-bond acceptors (Lipinski definition) is 4. The quantitative estimate of drug-likeness (QED) is 0.807. The lowest BCUT2D eigenvalue weighted by atomic mass is 9.98. The first kappa shape index (κ1) is 16.8. The zero-order valence-corrected chi connectivity index (χ0v) is 14.2. The highest BCUT2D eigenvalue weighted by molar-refractivity contribution is 6.07. The summed E-state index contributed by atoms with van der Waals surface area (Å²) in [4.78, 5) is 25.7. The van der Waals surface area contributed by atoms with Gasteiger partial charge in [0.05, 0.1) is 6.54 Å². The number of aryl methyl sites for hydroxylation is 2. The summed E-state index contributed by atoms with van der Waals surface area (Å²) in [6, 6.07) is 5.41. The van der Waals surface area contributed by atoms with E-state index in [0.29, 0.717) is 18.6 Å². The van der Waals surface area contributed by atoms with E-state index in [9.17, 15) is 14.7 Å². The molecule has 3 rings (SSSR count). The van der Waals surface area contributed by atoms with Crippen molar-refractivity contribution < 1.29 is 19.4 Å². The number of hydrogen-bond donors (Lipinski definition) is 2. The molecule has 130 valence electrons. The molecule has 0 aromatic heterocycles. The first-order chi connectivity index (χ1) is 11.4. The Morgan fingerprint density at radius 2 is 1.83 bits per heavy atom. The Labute approximate surface area is 141 Å². The highest BCUT2D eigenvalue weighted by Gasteiger charge is 2.52. The van der Waals surface area contributed by atoms with Crippen LogP contribution < -0.4 is 10.1 Å². The van der Waals surface area contributed by atoms with Gasteiger partial charge in [-0.3, -0.25) is 9.69 Å². The zero-order valence-electron chi connectivity index (χ0n) is 14.2. The van der Waals surface area contributed by atoms with Crippen LogP contribution in [0.15, 0.2) is 18.2 Å². The van der Waals surface area contributed by atoms with E-state index in [1.54, 1.807) is 0 Å². The van der Waals surface area contributed by atoms with E-state index in [0.717, 1.165) is 28.9 Å². The lowest BCUT2D eigenvalue weighted by molar-refractivity contribution is -0.132. The fourth-order valence-corrected chi connectivity index (χ4v) is 3.63. The van der Waals surface area contributed by atoms with Gasteiger partial charge >= 0.3 is 6.03 Å². The van der Waals surface area contributed by atoms with Gasteiger partial charge in [0.1, 0.15) is 24.0 Å². The number of aliphatic hydroxyl groups is 1. The molecule has 1 atom stereocenters. The zero-order chi connectivity index (χ0) is 17.3. The summed E-state index contributed by atoms with van der Waals surface area (Å²) in [5.41, 5.74) is 1.43. The van der Waals surface area contributed by atoms with Crippen molar-refractivity contribution in [3.63, 3.8) is 0 Å². The lowest BCUT2D eigenvalue weighted by Gasteiger charge is -2.21. The Morgan fingerprint density at radius 1 is 1.21 bits per heavy atom. The van der Waals surface area contributed by atoms with Crippen LogP contribution in [0.25, 0.3) is 0 Å². The van der Waals surface area contributed by atoms with Gasteiger partial charge in [0, 0.05) is 0 Å². The molecule has 1 spiro atoms. The number of imide groups is 1. The van der Waals surface area contributed by atoms with E-state index in [-0.39, 0.29) is 19.1 Å². The van der Waals surface area contributed by atoms with Crippen LogP contribution in [0.3, 0.4) is 0 Å². The van der Waals surface area contributed by atoms with Crippen LogP contribution in [-0.4, -0.2) is 46.7 Å². The number of aliphatic hydroxyl groups excluding tert-OH is 1. The van der Waals surface area contributed by atoms with Crippen LogP contribution in [0.1, 0.15) is 36.8 Å². The summed E-state index contributed by atoms with van der Waals surface area (Å²) in [6.07, 6.45) is 2.33. The van der Waals surface area contributed by atoms with E-state index < -0.39 is 17.7 Å². The van der Waals surface area contributed by atoms with E-state index in [1.165, 1.54) is 0 Å². The molecule has 1 aliphatic carbocycles. The van der Waals surface area contributed by atoms with Crippen LogP contribution in [0.4, 0.5) is 4.79 Å². The number of ether oxygens (including phenoxy) is 1. The van der Waals surface area contributed by atoms with E-state index in [4.69, 9.17) is 4.74 Å². The number of benzene rings is 1. The van der Waals surface area contributed by atoms with Crippen LogP contribution in [0, 0.1) is 13.8 Å². The number of urea groups is 1. The van der Waals surface area contributed by atoms with Gasteiger partial charge in [-0.2, -0.15) is 0 Å². The van der Waals surface area contributed by atoms with Gasteiger partial charge in [-0.1, -0.05) is 18.9 Å². The molecule has 0 bridgehead atoms. The molecule has 1 saturated heterocycles. The third kappa shape index (κ3) is 3.24. The van der Waals surface area contributed by atoms with Crippen LogP contribution >= 0.6 is 0 Å². The molecule has 1 aromatic rings. The van der Waals surface area contributed by atoms with Crippen LogP contribution in [0.5, 0.6) is 5.75 Å². The minimum atomic E-state index is -0.919. The maximum Gasteiger partial charge on any atom is 0.325 e. The van der Waals surface area contributed by atoms with Gasteiger partial charge in [0.2, 0.25) is 0 Å². The fourth-order valence-electron chi connectivity index (χ4n) is 3.63. The highest BCUT2D eigenvalue weighted by Crippen LogP contribution is 2.35. The molecule has 2 fully saturated rings. The van der Waals surface area contributed by atoms with Crippen molar-refractivity contribution in [2.24, 2.45) is 0 Å². The minimum absolute atomic E-state index is 0.0347. The average Bonchev–Trinajstić information content (AvgIpc) is 3.06. The normalized spacial score (nSPS) is 20.5. The number of carbonyl (C=O) groups excluding carboxylic acids is 2. The Kier molecular flexibility index (Phi) is 4.49. The molecule has 1 saturated carbocycles. The summed E-state index contributed by atoms with van der Waals surface area (Å²) in [6.45, 7) is 3.94. The highest BCUT2D eigenvalue weighted by atomic mass is 16.5. The Morgan fingerprint density at radius 3 is 2.46 bits per heavy atom. The maximum atomic E-state index is 12.5. The fraction of sp³-hybridized carbons (Fsp3) is 0.556. The number of nitrogens with zero attached hydrogens (tertiary/aromatic N) is 1. The molecule has 6 heteroatoms. The maximum absolute atomic E-state index is 12.5. The molecule has 0 radical (unpaired) electrons. The first-order valence-corrected chi connectivity index (χ1v) is 8.43. The molecular weight excluding hydrogens is 308 g/mol. The van der Waals surface area contributed by atoms with E-state index in [2.05, 4.69) is 5.32 Å². The van der Waals surface area contributed by atoms with E-state index >= 15 is 0 Å². The monoisotopic (exact) mass is 332 g/mol. The number of β-amino-alcohol motifs (C(OH)–C–C–N with tert-alkyl or cyclic N) is 1. The van der Waals surface area contributed by atoms with E-state index in [1.807, 2.05) is 32.0 Å². The summed E-state index contributed by atoms with van der Waals surface area (Å²) < 4.78 is 5.61.